The minimum absolute atomic E-state index is 0.0220. The van der Waals surface area contributed by atoms with E-state index < -0.39 is 4.92 Å². The first-order valence-electron chi connectivity index (χ1n) is 7.10. The van der Waals surface area contributed by atoms with Crippen molar-refractivity contribution in [3.05, 3.63) is 76.7 Å². The maximum Gasteiger partial charge on any atom is 0.363 e. The standard InChI is InChI=1S/C16H15N5O2/c1-12(19-14-6-7-16(17-11-14)21(22)23)13-4-2-5-15(10-13)20-9-3-8-18-20/h2-12,19H,1H3. The Morgan fingerprint density at radius 1 is 1.26 bits per heavy atom. The topological polar surface area (TPSA) is 85.9 Å². The van der Waals surface area contributed by atoms with E-state index in [1.165, 1.54) is 12.3 Å². The lowest BCUT2D eigenvalue weighted by Crippen LogP contribution is -2.08. The van der Waals surface area contributed by atoms with Crippen LogP contribution < -0.4 is 5.32 Å². The normalized spacial score (nSPS) is 11.9. The Bertz CT molecular complexity index is 800. The summed E-state index contributed by atoms with van der Waals surface area (Å²) in [5, 5.41) is 18.1. The summed E-state index contributed by atoms with van der Waals surface area (Å²) < 4.78 is 1.80. The van der Waals surface area contributed by atoms with E-state index in [2.05, 4.69) is 15.4 Å². The molecule has 23 heavy (non-hydrogen) atoms. The fourth-order valence-corrected chi connectivity index (χ4v) is 2.27. The number of pyridine rings is 1. The molecular formula is C16H15N5O2. The lowest BCUT2D eigenvalue weighted by atomic mass is 10.1. The summed E-state index contributed by atoms with van der Waals surface area (Å²) in [6.45, 7) is 2.02. The van der Waals surface area contributed by atoms with Gasteiger partial charge in [0, 0.05) is 24.5 Å². The summed E-state index contributed by atoms with van der Waals surface area (Å²) in [6.07, 6.45) is 5.08. The zero-order chi connectivity index (χ0) is 16.2. The van der Waals surface area contributed by atoms with Gasteiger partial charge in [-0.1, -0.05) is 12.1 Å². The first-order chi connectivity index (χ1) is 11.1. The smallest absolute Gasteiger partial charge is 0.363 e. The Morgan fingerprint density at radius 3 is 2.78 bits per heavy atom. The van der Waals surface area contributed by atoms with Crippen molar-refractivity contribution < 1.29 is 4.92 Å². The van der Waals surface area contributed by atoms with Crippen molar-refractivity contribution in [3.63, 3.8) is 0 Å². The maximum atomic E-state index is 10.6. The molecule has 0 saturated carbocycles. The van der Waals surface area contributed by atoms with E-state index in [9.17, 15) is 10.1 Å². The van der Waals surface area contributed by atoms with E-state index in [-0.39, 0.29) is 11.9 Å². The van der Waals surface area contributed by atoms with E-state index in [1.807, 2.05) is 43.5 Å². The van der Waals surface area contributed by atoms with Crippen molar-refractivity contribution in [2.24, 2.45) is 0 Å². The number of anilines is 1. The van der Waals surface area contributed by atoms with Gasteiger partial charge in [0.25, 0.3) is 0 Å². The second-order valence-electron chi connectivity index (χ2n) is 5.07. The highest BCUT2D eigenvalue weighted by Crippen LogP contribution is 2.21. The number of nitro groups is 1. The molecule has 0 saturated heterocycles. The van der Waals surface area contributed by atoms with Crippen LogP contribution in [-0.2, 0) is 0 Å². The number of rotatable bonds is 5. The quantitative estimate of drug-likeness (QED) is 0.577. The Balaban J connectivity index is 1.76. The van der Waals surface area contributed by atoms with Crippen molar-refractivity contribution in [2.75, 3.05) is 5.32 Å². The Hall–Kier alpha value is -3.22. The molecule has 0 amide bonds. The van der Waals surface area contributed by atoms with Crippen molar-refractivity contribution in [2.45, 2.75) is 13.0 Å². The predicted octanol–water partition coefficient (Wildman–Crippen LogP) is 3.35. The summed E-state index contributed by atoms with van der Waals surface area (Å²) >= 11 is 0. The molecule has 1 unspecified atom stereocenters. The Kier molecular flexibility index (Phi) is 4.01. The first-order valence-corrected chi connectivity index (χ1v) is 7.10. The minimum atomic E-state index is -0.513. The molecular weight excluding hydrogens is 294 g/mol. The molecule has 0 aliphatic rings. The third-order valence-corrected chi connectivity index (χ3v) is 3.46. The molecule has 3 aromatic rings. The molecule has 7 heteroatoms. The third kappa shape index (κ3) is 3.34. The number of hydrogen-bond donors (Lipinski definition) is 1. The van der Waals surface area contributed by atoms with Crippen LogP contribution >= 0.6 is 0 Å². The van der Waals surface area contributed by atoms with Crippen molar-refractivity contribution >= 4 is 11.5 Å². The van der Waals surface area contributed by atoms with Gasteiger partial charge in [0.2, 0.25) is 0 Å². The van der Waals surface area contributed by atoms with Crippen LogP contribution in [0.3, 0.4) is 0 Å². The van der Waals surface area contributed by atoms with Gasteiger partial charge in [-0.05, 0) is 46.7 Å². The fraction of sp³-hybridized carbons (Fsp3) is 0.125. The molecule has 0 fully saturated rings. The summed E-state index contributed by atoms with van der Waals surface area (Å²) in [5.41, 5.74) is 2.78. The molecule has 0 radical (unpaired) electrons. The molecule has 116 valence electrons. The monoisotopic (exact) mass is 309 g/mol. The second kappa shape index (κ2) is 6.27. The number of benzene rings is 1. The lowest BCUT2D eigenvalue weighted by molar-refractivity contribution is -0.389. The average Bonchev–Trinajstić information content (AvgIpc) is 3.10. The van der Waals surface area contributed by atoms with E-state index in [4.69, 9.17) is 0 Å². The van der Waals surface area contributed by atoms with Crippen LogP contribution in [0.1, 0.15) is 18.5 Å². The van der Waals surface area contributed by atoms with Crippen LogP contribution in [0.5, 0.6) is 0 Å². The van der Waals surface area contributed by atoms with Crippen LogP contribution in [0, 0.1) is 10.1 Å². The van der Waals surface area contributed by atoms with E-state index in [1.54, 1.807) is 16.9 Å². The number of aromatic nitrogens is 3. The van der Waals surface area contributed by atoms with Gasteiger partial charge >= 0.3 is 5.82 Å². The molecule has 7 nitrogen and oxygen atoms in total. The third-order valence-electron chi connectivity index (χ3n) is 3.46. The Labute approximate surface area is 132 Å². The van der Waals surface area contributed by atoms with Crippen molar-refractivity contribution in [1.29, 1.82) is 0 Å². The zero-order valence-electron chi connectivity index (χ0n) is 12.5. The lowest BCUT2D eigenvalue weighted by Gasteiger charge is -2.15. The van der Waals surface area contributed by atoms with Crippen molar-refractivity contribution in [3.8, 4) is 5.69 Å². The molecule has 1 atom stereocenters. The highest BCUT2D eigenvalue weighted by Gasteiger charge is 2.10. The first kappa shape index (κ1) is 14.7. The Morgan fingerprint density at radius 2 is 2.13 bits per heavy atom. The molecule has 1 aromatic carbocycles. The largest absolute Gasteiger partial charge is 0.375 e. The summed E-state index contributed by atoms with van der Waals surface area (Å²) in [7, 11) is 0. The molecule has 0 spiro atoms. The van der Waals surface area contributed by atoms with Gasteiger partial charge in [-0.25, -0.2) is 4.68 Å². The van der Waals surface area contributed by atoms with Gasteiger partial charge in [-0.3, -0.25) is 0 Å². The van der Waals surface area contributed by atoms with E-state index in [0.717, 1.165) is 16.9 Å². The molecule has 0 bridgehead atoms. The van der Waals surface area contributed by atoms with E-state index in [0.29, 0.717) is 0 Å². The minimum Gasteiger partial charge on any atom is -0.375 e. The molecule has 2 aromatic heterocycles. The van der Waals surface area contributed by atoms with Gasteiger partial charge < -0.3 is 15.4 Å². The van der Waals surface area contributed by atoms with Gasteiger partial charge in [-0.15, -0.1) is 0 Å². The summed E-state index contributed by atoms with van der Waals surface area (Å²) in [5.74, 6) is -0.163. The number of nitrogens with zero attached hydrogens (tertiary/aromatic N) is 4. The van der Waals surface area contributed by atoms with Crippen LogP contribution in [0.2, 0.25) is 0 Å². The molecule has 2 heterocycles. The number of nitrogens with one attached hydrogen (secondary N) is 1. The highest BCUT2D eigenvalue weighted by atomic mass is 16.6. The molecule has 0 aliphatic heterocycles. The van der Waals surface area contributed by atoms with Crippen LogP contribution in [0.25, 0.3) is 5.69 Å². The van der Waals surface area contributed by atoms with Gasteiger partial charge in [0.1, 0.15) is 0 Å². The highest BCUT2D eigenvalue weighted by molar-refractivity contribution is 5.46. The molecule has 3 rings (SSSR count). The van der Waals surface area contributed by atoms with Gasteiger partial charge in [0.15, 0.2) is 6.20 Å². The van der Waals surface area contributed by atoms with Gasteiger partial charge in [-0.2, -0.15) is 5.10 Å². The number of hydrogen-bond acceptors (Lipinski definition) is 5. The fourth-order valence-electron chi connectivity index (χ4n) is 2.27. The molecule has 1 N–H and O–H groups in total. The molecule has 0 aliphatic carbocycles. The maximum absolute atomic E-state index is 10.6. The van der Waals surface area contributed by atoms with E-state index >= 15 is 0 Å². The SMILES string of the molecule is CC(Nc1ccc([N+](=O)[O-])nc1)c1cccc(-n2cccn2)c1. The summed E-state index contributed by atoms with van der Waals surface area (Å²) in [4.78, 5) is 13.9. The summed E-state index contributed by atoms with van der Waals surface area (Å²) in [6, 6.07) is 12.9. The van der Waals surface area contributed by atoms with Crippen molar-refractivity contribution in [1.82, 2.24) is 14.8 Å². The van der Waals surface area contributed by atoms with Crippen LogP contribution in [-0.4, -0.2) is 19.7 Å². The van der Waals surface area contributed by atoms with Gasteiger partial charge in [0.05, 0.1) is 11.4 Å². The predicted molar refractivity (Wildman–Crippen MR) is 86.5 cm³/mol. The van der Waals surface area contributed by atoms with Crippen LogP contribution in [0.4, 0.5) is 11.5 Å². The van der Waals surface area contributed by atoms with Crippen LogP contribution in [0.15, 0.2) is 61.1 Å². The average molecular weight is 309 g/mol. The zero-order valence-corrected chi connectivity index (χ0v) is 12.5. The second-order valence-corrected chi connectivity index (χ2v) is 5.07.